The van der Waals surface area contributed by atoms with E-state index < -0.39 is 22.6 Å². The second-order valence-corrected chi connectivity index (χ2v) is 6.35. The van der Waals surface area contributed by atoms with E-state index in [1.807, 2.05) is 0 Å². The number of hydrogen-bond donors (Lipinski definition) is 1. The molecule has 0 radical (unpaired) electrons. The molecular weight excluding hydrogens is 281 g/mol. The highest BCUT2D eigenvalue weighted by Gasteiger charge is 2.15. The number of carboxylic acid groups (broad SMARTS) is 1. The van der Waals surface area contributed by atoms with Crippen molar-refractivity contribution in [1.29, 1.82) is 0 Å². The maximum absolute atomic E-state index is 13.6. The summed E-state index contributed by atoms with van der Waals surface area (Å²) in [6.45, 7) is 2.19. The second kappa shape index (κ2) is 6.76. The third kappa shape index (κ3) is 4.25. The van der Waals surface area contributed by atoms with Gasteiger partial charge in [0, 0.05) is 53.6 Å². The van der Waals surface area contributed by atoms with E-state index in [2.05, 4.69) is 4.90 Å². The Labute approximate surface area is 119 Å². The summed E-state index contributed by atoms with van der Waals surface area (Å²) in [5.74, 6) is -0.195. The van der Waals surface area contributed by atoms with Crippen molar-refractivity contribution in [3.63, 3.8) is 0 Å². The first-order valence-corrected chi connectivity index (χ1v) is 7.80. The lowest BCUT2D eigenvalue weighted by molar-refractivity contribution is -0.131. The monoisotopic (exact) mass is 297 g/mol. The number of benzene rings is 1. The molecule has 20 heavy (non-hydrogen) atoms. The zero-order valence-corrected chi connectivity index (χ0v) is 11.7. The normalized spacial score (nSPS) is 17.6. The number of carbonyl (C=O) groups is 1. The summed E-state index contributed by atoms with van der Waals surface area (Å²) in [6, 6.07) is 4.69. The van der Waals surface area contributed by atoms with Crippen LogP contribution in [0.25, 0.3) is 6.08 Å². The topological polar surface area (TPSA) is 57.6 Å². The number of carboxylic acids is 1. The molecule has 0 aliphatic carbocycles. The third-order valence-electron chi connectivity index (χ3n) is 3.14. The third-order valence-corrected chi connectivity index (χ3v) is 4.42. The van der Waals surface area contributed by atoms with Crippen molar-refractivity contribution in [2.24, 2.45) is 0 Å². The van der Waals surface area contributed by atoms with Crippen LogP contribution in [0.3, 0.4) is 0 Å². The van der Waals surface area contributed by atoms with Crippen LogP contribution in [0.1, 0.15) is 11.1 Å². The summed E-state index contributed by atoms with van der Waals surface area (Å²) in [4.78, 5) is 12.6. The molecule has 4 nitrogen and oxygen atoms in total. The average Bonchev–Trinajstić information content (AvgIpc) is 2.42. The van der Waals surface area contributed by atoms with Crippen molar-refractivity contribution in [1.82, 2.24) is 4.90 Å². The molecule has 2 rings (SSSR count). The molecule has 1 fully saturated rings. The summed E-state index contributed by atoms with van der Waals surface area (Å²) in [5.41, 5.74) is 1.19. The first-order chi connectivity index (χ1) is 9.54. The molecule has 1 aliphatic rings. The van der Waals surface area contributed by atoms with Gasteiger partial charge < -0.3 is 5.11 Å². The van der Waals surface area contributed by atoms with Gasteiger partial charge in [-0.15, -0.1) is 0 Å². The lowest BCUT2D eigenvalue weighted by atomic mass is 10.1. The van der Waals surface area contributed by atoms with E-state index in [4.69, 9.17) is 5.11 Å². The van der Waals surface area contributed by atoms with Gasteiger partial charge in [0.2, 0.25) is 0 Å². The minimum atomic E-state index is -1.10. The van der Waals surface area contributed by atoms with E-state index >= 15 is 0 Å². The van der Waals surface area contributed by atoms with Crippen LogP contribution in [-0.2, 0) is 22.1 Å². The molecule has 1 aromatic rings. The van der Waals surface area contributed by atoms with Crippen LogP contribution in [0.2, 0.25) is 0 Å². The van der Waals surface area contributed by atoms with Crippen LogP contribution in [0.5, 0.6) is 0 Å². The minimum absolute atomic E-state index is 0.269. The van der Waals surface area contributed by atoms with E-state index in [0.29, 0.717) is 18.1 Å². The highest BCUT2D eigenvalue weighted by Crippen LogP contribution is 2.15. The van der Waals surface area contributed by atoms with E-state index in [0.717, 1.165) is 24.7 Å². The van der Waals surface area contributed by atoms with Crippen molar-refractivity contribution in [3.8, 4) is 0 Å². The SMILES string of the molecule is O=C(O)C=Cc1cc(CN2CCS(=O)CC2)ccc1F. The van der Waals surface area contributed by atoms with E-state index in [9.17, 15) is 13.4 Å². The fourth-order valence-corrected chi connectivity index (χ4v) is 3.20. The number of nitrogens with zero attached hydrogens (tertiary/aromatic N) is 1. The molecule has 0 saturated carbocycles. The molecule has 0 atom stereocenters. The van der Waals surface area contributed by atoms with Crippen LogP contribution in [0.4, 0.5) is 4.39 Å². The highest BCUT2D eigenvalue weighted by atomic mass is 32.2. The zero-order valence-electron chi connectivity index (χ0n) is 10.9. The molecule has 6 heteroatoms. The van der Waals surface area contributed by atoms with E-state index in [1.54, 1.807) is 12.1 Å². The van der Waals surface area contributed by atoms with Gasteiger partial charge in [-0.05, 0) is 23.8 Å². The minimum Gasteiger partial charge on any atom is -0.478 e. The molecule has 0 bridgehead atoms. The number of aliphatic carboxylic acids is 1. The Balaban J connectivity index is 2.07. The molecule has 1 heterocycles. The fraction of sp³-hybridized carbons (Fsp3) is 0.357. The van der Waals surface area contributed by atoms with Crippen molar-refractivity contribution >= 4 is 22.8 Å². The molecule has 0 aromatic heterocycles. The Bertz CT molecular complexity index is 549. The van der Waals surface area contributed by atoms with Crippen molar-refractivity contribution in [2.75, 3.05) is 24.6 Å². The molecular formula is C14H16FNO3S. The van der Waals surface area contributed by atoms with Crippen molar-refractivity contribution in [3.05, 3.63) is 41.2 Å². The van der Waals surface area contributed by atoms with Gasteiger partial charge in [-0.2, -0.15) is 0 Å². The first kappa shape index (κ1) is 14.9. The van der Waals surface area contributed by atoms with Gasteiger partial charge in [0.15, 0.2) is 0 Å². The Hall–Kier alpha value is -1.53. The first-order valence-electron chi connectivity index (χ1n) is 6.31. The summed E-state index contributed by atoms with van der Waals surface area (Å²) in [6.07, 6.45) is 2.18. The maximum atomic E-state index is 13.6. The van der Waals surface area contributed by atoms with Crippen LogP contribution in [0, 0.1) is 5.82 Å². The predicted octanol–water partition coefficient (Wildman–Crippen LogP) is 1.49. The molecule has 108 valence electrons. The Kier molecular flexibility index (Phi) is 5.03. The molecule has 0 spiro atoms. The Morgan fingerprint density at radius 1 is 1.40 bits per heavy atom. The van der Waals surface area contributed by atoms with Crippen molar-refractivity contribution < 1.29 is 18.5 Å². The quantitative estimate of drug-likeness (QED) is 0.856. The van der Waals surface area contributed by atoms with Crippen LogP contribution < -0.4 is 0 Å². The van der Waals surface area contributed by atoms with Crippen molar-refractivity contribution in [2.45, 2.75) is 6.54 Å². The van der Waals surface area contributed by atoms with Crippen LogP contribution in [0.15, 0.2) is 24.3 Å². The highest BCUT2D eigenvalue weighted by molar-refractivity contribution is 7.85. The van der Waals surface area contributed by atoms with Gasteiger partial charge in [-0.25, -0.2) is 9.18 Å². The molecule has 0 amide bonds. The second-order valence-electron chi connectivity index (χ2n) is 4.65. The lowest BCUT2D eigenvalue weighted by Gasteiger charge is -2.26. The standard InChI is InChI=1S/C14H16FNO3S/c15-13-3-1-11(9-12(13)2-4-14(17)18)10-16-5-7-20(19)8-6-16/h1-4,9H,5-8,10H2,(H,17,18). The van der Waals surface area contributed by atoms with Crippen LogP contribution >= 0.6 is 0 Å². The number of rotatable bonds is 4. The summed E-state index contributed by atoms with van der Waals surface area (Å²) in [7, 11) is -0.713. The van der Waals surface area contributed by atoms with E-state index in [-0.39, 0.29) is 5.56 Å². The molecule has 1 saturated heterocycles. The van der Waals surface area contributed by atoms with Gasteiger partial charge in [0.05, 0.1) is 0 Å². The molecule has 1 N–H and O–H groups in total. The zero-order chi connectivity index (χ0) is 14.5. The van der Waals surface area contributed by atoms with Gasteiger partial charge in [0.25, 0.3) is 0 Å². The van der Waals surface area contributed by atoms with Gasteiger partial charge in [-0.3, -0.25) is 9.11 Å². The summed E-state index contributed by atoms with van der Waals surface area (Å²) < 4.78 is 24.8. The molecule has 0 unspecified atom stereocenters. The number of hydrogen-bond acceptors (Lipinski definition) is 3. The largest absolute Gasteiger partial charge is 0.478 e. The maximum Gasteiger partial charge on any atom is 0.328 e. The Morgan fingerprint density at radius 3 is 2.75 bits per heavy atom. The van der Waals surface area contributed by atoms with Gasteiger partial charge >= 0.3 is 5.97 Å². The lowest BCUT2D eigenvalue weighted by Crippen LogP contribution is -2.37. The molecule has 1 aliphatic heterocycles. The fourth-order valence-electron chi connectivity index (χ4n) is 2.07. The van der Waals surface area contributed by atoms with Gasteiger partial charge in [-0.1, -0.05) is 6.07 Å². The van der Waals surface area contributed by atoms with Gasteiger partial charge in [0.1, 0.15) is 5.82 Å². The average molecular weight is 297 g/mol. The Morgan fingerprint density at radius 2 is 2.10 bits per heavy atom. The van der Waals surface area contributed by atoms with Crippen LogP contribution in [-0.4, -0.2) is 44.8 Å². The summed E-state index contributed by atoms with van der Waals surface area (Å²) >= 11 is 0. The number of halogens is 1. The summed E-state index contributed by atoms with van der Waals surface area (Å²) in [5, 5.41) is 8.57. The molecule has 1 aromatic carbocycles. The predicted molar refractivity (Wildman–Crippen MR) is 76.2 cm³/mol. The van der Waals surface area contributed by atoms with E-state index in [1.165, 1.54) is 12.1 Å². The smallest absolute Gasteiger partial charge is 0.328 e.